The summed E-state index contributed by atoms with van der Waals surface area (Å²) in [5, 5.41) is 15.8. The van der Waals surface area contributed by atoms with Crippen molar-refractivity contribution in [1.29, 1.82) is 0 Å². The number of nitrogens with one attached hydrogen (secondary N) is 2. The molecule has 0 unspecified atom stereocenters. The van der Waals surface area contributed by atoms with Crippen LogP contribution in [-0.4, -0.2) is 68.8 Å². The molecule has 12 nitrogen and oxygen atoms in total. The van der Waals surface area contributed by atoms with Crippen molar-refractivity contribution in [3.05, 3.63) is 36.8 Å². The fraction of sp³-hybridized carbons (Fsp3) is 0.393. The third-order valence-corrected chi connectivity index (χ3v) is 8.30. The minimum absolute atomic E-state index is 0.331. The highest BCUT2D eigenvalue weighted by molar-refractivity contribution is 7.22. The topological polar surface area (TPSA) is 155 Å². The number of benzene rings is 1. The van der Waals surface area contributed by atoms with Crippen LogP contribution in [-0.2, 0) is 4.79 Å². The van der Waals surface area contributed by atoms with Crippen molar-refractivity contribution in [2.45, 2.75) is 39.5 Å². The minimum atomic E-state index is -0.715. The molecular formula is C28H32N8O4S. The van der Waals surface area contributed by atoms with E-state index in [0.29, 0.717) is 67.2 Å². The maximum Gasteiger partial charge on any atom is 0.321 e. The molecule has 1 fully saturated rings. The molecule has 4 heterocycles. The highest BCUT2D eigenvalue weighted by Gasteiger charge is 2.41. The molecule has 214 valence electrons. The van der Waals surface area contributed by atoms with E-state index >= 15 is 0 Å². The van der Waals surface area contributed by atoms with Gasteiger partial charge in [0.15, 0.2) is 11.0 Å². The molecule has 0 atom stereocenters. The number of methoxy groups -OCH3 is 1. The zero-order valence-corrected chi connectivity index (χ0v) is 24.0. The number of aromatic nitrogens is 5. The Morgan fingerprint density at radius 3 is 2.51 bits per heavy atom. The number of fused-ring (bicyclic) bond motifs is 1. The molecule has 0 saturated carbocycles. The third kappa shape index (κ3) is 5.89. The summed E-state index contributed by atoms with van der Waals surface area (Å²) in [5.74, 6) is 0.750. The summed E-state index contributed by atoms with van der Waals surface area (Å²) in [7, 11) is 1.55. The van der Waals surface area contributed by atoms with Crippen molar-refractivity contribution in [1.82, 2.24) is 30.2 Å². The van der Waals surface area contributed by atoms with E-state index in [4.69, 9.17) is 4.74 Å². The van der Waals surface area contributed by atoms with E-state index in [0.717, 1.165) is 27.8 Å². The lowest BCUT2D eigenvalue weighted by Gasteiger charge is -2.38. The van der Waals surface area contributed by atoms with Crippen molar-refractivity contribution < 1.29 is 19.4 Å². The standard InChI is InChI=1S/C28H32N8O4S/c1-4-7-28(24(37)38)8-11-36(12-9-28)25-31-15-18(16-32-25)17-13-19(23-30-10-6-21(34-23)40-3)22-20(14-17)33-27(41-22)35-26(39)29-5-2/h6,10,13-16H,4-5,7-9,11-12H2,1-3H3,(H,37,38)(H2,29,33,35,39). The SMILES string of the molecule is CCCC1(C(=O)O)CCN(c2ncc(-c3cc(-c4nccc(OC)n4)c4sc(NC(=O)NCC)nc4c3)cn2)CC1. The average Bonchev–Trinajstić information content (AvgIpc) is 3.39. The van der Waals surface area contributed by atoms with Gasteiger partial charge in [-0.15, -0.1) is 0 Å². The van der Waals surface area contributed by atoms with Crippen molar-refractivity contribution >= 4 is 44.6 Å². The molecular weight excluding hydrogens is 544 g/mol. The van der Waals surface area contributed by atoms with Gasteiger partial charge in [-0.25, -0.2) is 24.7 Å². The van der Waals surface area contributed by atoms with E-state index < -0.39 is 11.4 Å². The molecule has 1 aromatic carbocycles. The molecule has 41 heavy (non-hydrogen) atoms. The monoisotopic (exact) mass is 576 g/mol. The number of anilines is 2. The lowest BCUT2D eigenvalue weighted by molar-refractivity contribution is -0.150. The van der Waals surface area contributed by atoms with Gasteiger partial charge in [0.1, 0.15) is 0 Å². The van der Waals surface area contributed by atoms with Gasteiger partial charge in [0.2, 0.25) is 11.8 Å². The largest absolute Gasteiger partial charge is 0.481 e. The van der Waals surface area contributed by atoms with Crippen molar-refractivity contribution in [3.63, 3.8) is 0 Å². The summed E-state index contributed by atoms with van der Waals surface area (Å²) >= 11 is 1.33. The van der Waals surface area contributed by atoms with E-state index in [9.17, 15) is 14.7 Å². The van der Waals surface area contributed by atoms with Crippen LogP contribution in [0.15, 0.2) is 36.8 Å². The Morgan fingerprint density at radius 2 is 1.85 bits per heavy atom. The number of urea groups is 1. The molecule has 1 aliphatic heterocycles. The Morgan fingerprint density at radius 1 is 1.10 bits per heavy atom. The average molecular weight is 577 g/mol. The number of ether oxygens (including phenoxy) is 1. The zero-order valence-electron chi connectivity index (χ0n) is 23.2. The predicted octanol–water partition coefficient (Wildman–Crippen LogP) is 4.83. The first-order valence-electron chi connectivity index (χ1n) is 13.5. The lowest BCUT2D eigenvalue weighted by Crippen LogP contribution is -2.45. The number of hydrogen-bond acceptors (Lipinski definition) is 10. The number of carboxylic acids is 1. The fourth-order valence-corrected chi connectivity index (χ4v) is 6.07. The van der Waals surface area contributed by atoms with Gasteiger partial charge in [-0.1, -0.05) is 24.7 Å². The van der Waals surface area contributed by atoms with Crippen LogP contribution in [0.1, 0.15) is 39.5 Å². The number of hydrogen-bond donors (Lipinski definition) is 3. The summed E-state index contributed by atoms with van der Waals surface area (Å²) in [6.45, 7) is 5.55. The molecule has 1 aliphatic rings. The highest BCUT2D eigenvalue weighted by Crippen LogP contribution is 2.39. The van der Waals surface area contributed by atoms with E-state index in [1.807, 2.05) is 30.9 Å². The van der Waals surface area contributed by atoms with Crippen LogP contribution >= 0.6 is 11.3 Å². The number of carbonyl (C=O) groups is 2. The maximum atomic E-state index is 12.1. The third-order valence-electron chi connectivity index (χ3n) is 7.29. The van der Waals surface area contributed by atoms with Crippen LogP contribution < -0.4 is 20.3 Å². The fourth-order valence-electron chi connectivity index (χ4n) is 5.12. The Bertz CT molecular complexity index is 1550. The van der Waals surface area contributed by atoms with Gasteiger partial charge in [0.25, 0.3) is 0 Å². The molecule has 13 heteroatoms. The first kappa shape index (κ1) is 28.1. The normalized spacial score (nSPS) is 14.6. The van der Waals surface area contributed by atoms with E-state index in [2.05, 4.69) is 35.6 Å². The summed E-state index contributed by atoms with van der Waals surface area (Å²) in [5.41, 5.74) is 2.32. The van der Waals surface area contributed by atoms with Crippen molar-refractivity contribution in [2.24, 2.45) is 5.41 Å². The number of nitrogens with zero attached hydrogens (tertiary/aromatic N) is 6. The Balaban J connectivity index is 1.46. The molecule has 2 amide bonds. The van der Waals surface area contributed by atoms with Gasteiger partial charge in [-0.05, 0) is 43.9 Å². The first-order chi connectivity index (χ1) is 19.9. The number of carboxylic acid groups (broad SMARTS) is 1. The van der Waals surface area contributed by atoms with Crippen molar-refractivity contribution in [3.8, 4) is 28.4 Å². The Labute approximate surface area is 241 Å². The molecule has 3 aromatic heterocycles. The van der Waals surface area contributed by atoms with Gasteiger partial charge in [-0.3, -0.25) is 10.1 Å². The highest BCUT2D eigenvalue weighted by atomic mass is 32.1. The molecule has 3 N–H and O–H groups in total. The summed E-state index contributed by atoms with van der Waals surface area (Å²) in [6, 6.07) is 5.22. The van der Waals surface area contributed by atoms with Gasteiger partial charge >= 0.3 is 12.0 Å². The Kier molecular flexibility index (Phi) is 8.24. The van der Waals surface area contributed by atoms with E-state index in [1.54, 1.807) is 31.8 Å². The summed E-state index contributed by atoms with van der Waals surface area (Å²) in [6.07, 6.45) is 7.79. The molecule has 0 spiro atoms. The number of amides is 2. The smallest absolute Gasteiger partial charge is 0.321 e. The minimum Gasteiger partial charge on any atom is -0.481 e. The predicted molar refractivity (Wildman–Crippen MR) is 157 cm³/mol. The number of aliphatic carboxylic acids is 1. The van der Waals surface area contributed by atoms with Crippen LogP contribution in [0.5, 0.6) is 5.88 Å². The first-order valence-corrected chi connectivity index (χ1v) is 14.3. The zero-order chi connectivity index (χ0) is 29.0. The van der Waals surface area contributed by atoms with Crippen molar-refractivity contribution in [2.75, 3.05) is 37.0 Å². The van der Waals surface area contributed by atoms with Gasteiger partial charge < -0.3 is 20.1 Å². The summed E-state index contributed by atoms with van der Waals surface area (Å²) < 4.78 is 6.13. The number of thiazole rings is 1. The molecule has 5 rings (SSSR count). The van der Waals surface area contributed by atoms with Crippen LogP contribution in [0.4, 0.5) is 15.9 Å². The second-order valence-electron chi connectivity index (χ2n) is 9.89. The number of piperidine rings is 1. The second-order valence-corrected chi connectivity index (χ2v) is 10.9. The van der Waals surface area contributed by atoms with Crippen LogP contribution in [0, 0.1) is 5.41 Å². The van der Waals surface area contributed by atoms with Gasteiger partial charge in [0, 0.05) is 55.4 Å². The molecule has 0 radical (unpaired) electrons. The second kappa shape index (κ2) is 12.0. The number of rotatable bonds is 9. The van der Waals surface area contributed by atoms with E-state index in [-0.39, 0.29) is 6.03 Å². The van der Waals surface area contributed by atoms with Gasteiger partial charge in [0.05, 0.1) is 22.7 Å². The Hall–Kier alpha value is -4.39. The van der Waals surface area contributed by atoms with Crippen LogP contribution in [0.3, 0.4) is 0 Å². The quantitative estimate of drug-likeness (QED) is 0.252. The van der Waals surface area contributed by atoms with Gasteiger partial charge in [-0.2, -0.15) is 4.98 Å². The van der Waals surface area contributed by atoms with Crippen LogP contribution in [0.2, 0.25) is 0 Å². The molecule has 4 aromatic rings. The van der Waals surface area contributed by atoms with Crippen LogP contribution in [0.25, 0.3) is 32.7 Å². The van der Waals surface area contributed by atoms with E-state index in [1.165, 1.54) is 11.3 Å². The molecule has 0 aliphatic carbocycles. The lowest BCUT2D eigenvalue weighted by atomic mass is 9.75. The molecule has 1 saturated heterocycles. The number of carbonyl (C=O) groups excluding carboxylic acids is 1. The maximum absolute atomic E-state index is 12.1. The molecule has 0 bridgehead atoms. The summed E-state index contributed by atoms with van der Waals surface area (Å²) in [4.78, 5) is 49.0.